The first kappa shape index (κ1) is 12.3. The van der Waals surface area contributed by atoms with Crippen molar-refractivity contribution < 1.29 is 4.79 Å². The number of likely N-dealkylation sites (tertiary alicyclic amines) is 1. The van der Waals surface area contributed by atoms with Gasteiger partial charge in [0.15, 0.2) is 0 Å². The van der Waals surface area contributed by atoms with Gasteiger partial charge < -0.3 is 10.2 Å². The molecule has 0 radical (unpaired) electrons. The van der Waals surface area contributed by atoms with Crippen LogP contribution in [0, 0.1) is 0 Å². The standard InChI is InChI=1S/C14H21N5O/c20-14(13-16-12(17-18-13)9-1-2-9)15-10-5-7-19(8-6-10)11-3-4-11/h9-11H,1-8H2,(H,15,20)(H,16,17,18). The summed E-state index contributed by atoms with van der Waals surface area (Å²) in [6.07, 6.45) is 7.13. The van der Waals surface area contributed by atoms with E-state index in [4.69, 9.17) is 0 Å². The summed E-state index contributed by atoms with van der Waals surface area (Å²) in [6.45, 7) is 2.22. The molecule has 0 spiro atoms. The van der Waals surface area contributed by atoms with Crippen LogP contribution in [0.15, 0.2) is 0 Å². The Bertz CT molecular complexity index is 497. The Balaban J connectivity index is 1.30. The minimum Gasteiger partial charge on any atom is -0.346 e. The zero-order chi connectivity index (χ0) is 13.5. The average molecular weight is 275 g/mol. The molecule has 1 aliphatic heterocycles. The molecule has 108 valence electrons. The van der Waals surface area contributed by atoms with Crippen LogP contribution in [0.2, 0.25) is 0 Å². The highest BCUT2D eigenvalue weighted by molar-refractivity contribution is 5.90. The quantitative estimate of drug-likeness (QED) is 0.861. The van der Waals surface area contributed by atoms with Gasteiger partial charge in [-0.15, -0.1) is 5.10 Å². The first-order valence-corrected chi connectivity index (χ1v) is 7.77. The van der Waals surface area contributed by atoms with Gasteiger partial charge in [-0.2, -0.15) is 0 Å². The lowest BCUT2D eigenvalue weighted by Crippen LogP contribution is -2.45. The van der Waals surface area contributed by atoms with Gasteiger partial charge >= 0.3 is 0 Å². The summed E-state index contributed by atoms with van der Waals surface area (Å²) < 4.78 is 0. The highest BCUT2D eigenvalue weighted by atomic mass is 16.2. The van der Waals surface area contributed by atoms with E-state index in [2.05, 4.69) is 25.4 Å². The number of nitrogens with one attached hydrogen (secondary N) is 2. The second-order valence-corrected chi connectivity index (χ2v) is 6.33. The lowest BCUT2D eigenvalue weighted by molar-refractivity contribution is 0.0899. The Kier molecular flexibility index (Phi) is 2.98. The molecular formula is C14H21N5O. The number of carbonyl (C=O) groups is 1. The van der Waals surface area contributed by atoms with E-state index in [1.54, 1.807) is 0 Å². The Morgan fingerprint density at radius 2 is 1.90 bits per heavy atom. The van der Waals surface area contributed by atoms with Crippen molar-refractivity contribution in [2.24, 2.45) is 0 Å². The summed E-state index contributed by atoms with van der Waals surface area (Å²) in [5.74, 6) is 1.55. The Morgan fingerprint density at radius 1 is 1.15 bits per heavy atom. The molecule has 1 aromatic rings. The number of carbonyl (C=O) groups excluding carboxylic acids is 1. The highest BCUT2D eigenvalue weighted by Gasteiger charge is 2.33. The maximum absolute atomic E-state index is 12.1. The van der Waals surface area contributed by atoms with E-state index in [0.29, 0.717) is 11.7 Å². The van der Waals surface area contributed by atoms with E-state index in [9.17, 15) is 4.79 Å². The number of H-pyrrole nitrogens is 1. The molecule has 0 bridgehead atoms. The van der Waals surface area contributed by atoms with Gasteiger partial charge in [-0.05, 0) is 38.5 Å². The molecule has 2 heterocycles. The zero-order valence-electron chi connectivity index (χ0n) is 11.6. The lowest BCUT2D eigenvalue weighted by Gasteiger charge is -2.32. The van der Waals surface area contributed by atoms with E-state index in [-0.39, 0.29) is 11.9 Å². The monoisotopic (exact) mass is 275 g/mol. The number of rotatable bonds is 4. The molecule has 3 aliphatic rings. The van der Waals surface area contributed by atoms with Crippen LogP contribution in [0.1, 0.15) is 60.9 Å². The molecule has 4 rings (SSSR count). The largest absolute Gasteiger partial charge is 0.346 e. The van der Waals surface area contributed by atoms with Crippen LogP contribution < -0.4 is 5.32 Å². The van der Waals surface area contributed by atoms with Gasteiger partial charge in [0.25, 0.3) is 5.91 Å². The molecule has 0 atom stereocenters. The number of piperidine rings is 1. The maximum atomic E-state index is 12.1. The molecule has 0 aromatic carbocycles. The first-order chi connectivity index (χ1) is 9.79. The molecule has 6 nitrogen and oxygen atoms in total. The van der Waals surface area contributed by atoms with Crippen molar-refractivity contribution in [3.05, 3.63) is 11.6 Å². The Hall–Kier alpha value is -1.43. The van der Waals surface area contributed by atoms with Crippen LogP contribution in [0.5, 0.6) is 0 Å². The molecule has 6 heteroatoms. The summed E-state index contributed by atoms with van der Waals surface area (Å²) in [7, 11) is 0. The molecule has 2 N–H and O–H groups in total. The predicted octanol–water partition coefficient (Wildman–Crippen LogP) is 1.04. The number of aromatic nitrogens is 3. The normalized spacial score (nSPS) is 24.8. The fourth-order valence-corrected chi connectivity index (χ4v) is 3.01. The summed E-state index contributed by atoms with van der Waals surface area (Å²) in [6, 6.07) is 1.11. The van der Waals surface area contributed by atoms with Gasteiger partial charge in [0, 0.05) is 31.1 Å². The minimum atomic E-state index is -0.127. The second kappa shape index (κ2) is 4.84. The van der Waals surface area contributed by atoms with E-state index in [1.807, 2.05) is 0 Å². The van der Waals surface area contributed by atoms with Crippen molar-refractivity contribution >= 4 is 5.91 Å². The van der Waals surface area contributed by atoms with E-state index >= 15 is 0 Å². The Morgan fingerprint density at radius 3 is 2.55 bits per heavy atom. The van der Waals surface area contributed by atoms with Gasteiger partial charge in [-0.3, -0.25) is 9.89 Å². The third-order valence-corrected chi connectivity index (χ3v) is 4.60. The number of hydrogen-bond donors (Lipinski definition) is 2. The van der Waals surface area contributed by atoms with Crippen LogP contribution >= 0.6 is 0 Å². The van der Waals surface area contributed by atoms with Gasteiger partial charge in [0.1, 0.15) is 5.82 Å². The number of aromatic amines is 1. The number of amides is 1. The highest BCUT2D eigenvalue weighted by Crippen LogP contribution is 2.37. The summed E-state index contributed by atoms with van der Waals surface area (Å²) in [5.41, 5.74) is 0. The molecule has 3 fully saturated rings. The van der Waals surface area contributed by atoms with Crippen LogP contribution in [-0.4, -0.2) is 51.2 Å². The van der Waals surface area contributed by atoms with Crippen molar-refractivity contribution in [3.8, 4) is 0 Å². The maximum Gasteiger partial charge on any atom is 0.291 e. The smallest absolute Gasteiger partial charge is 0.291 e. The van der Waals surface area contributed by atoms with Crippen molar-refractivity contribution in [3.63, 3.8) is 0 Å². The molecule has 20 heavy (non-hydrogen) atoms. The molecule has 1 amide bonds. The fourth-order valence-electron chi connectivity index (χ4n) is 3.01. The minimum absolute atomic E-state index is 0.127. The first-order valence-electron chi connectivity index (χ1n) is 7.77. The van der Waals surface area contributed by atoms with E-state index < -0.39 is 0 Å². The lowest BCUT2D eigenvalue weighted by atomic mass is 10.0. The molecule has 2 aliphatic carbocycles. The van der Waals surface area contributed by atoms with Crippen LogP contribution in [-0.2, 0) is 0 Å². The van der Waals surface area contributed by atoms with Crippen molar-refractivity contribution in [2.45, 2.75) is 56.5 Å². The van der Waals surface area contributed by atoms with Crippen LogP contribution in [0.25, 0.3) is 0 Å². The summed E-state index contributed by atoms with van der Waals surface area (Å²) >= 11 is 0. The van der Waals surface area contributed by atoms with Gasteiger partial charge in [0.05, 0.1) is 0 Å². The third kappa shape index (κ3) is 2.57. The number of nitrogens with zero attached hydrogens (tertiary/aromatic N) is 3. The predicted molar refractivity (Wildman–Crippen MR) is 73.4 cm³/mol. The zero-order valence-corrected chi connectivity index (χ0v) is 11.6. The summed E-state index contributed by atoms with van der Waals surface area (Å²) in [4.78, 5) is 19.0. The van der Waals surface area contributed by atoms with E-state index in [1.165, 1.54) is 12.8 Å². The van der Waals surface area contributed by atoms with Crippen molar-refractivity contribution in [1.29, 1.82) is 0 Å². The SMILES string of the molecule is O=C(NC1CCN(C2CC2)CC1)c1n[nH]c(C2CC2)n1. The fraction of sp³-hybridized carbons (Fsp3) is 0.786. The van der Waals surface area contributed by atoms with Crippen molar-refractivity contribution in [1.82, 2.24) is 25.4 Å². The number of hydrogen-bond acceptors (Lipinski definition) is 4. The molecule has 1 aromatic heterocycles. The summed E-state index contributed by atoms with van der Waals surface area (Å²) in [5, 5.41) is 10.0. The topological polar surface area (TPSA) is 73.9 Å². The average Bonchev–Trinajstić information content (AvgIpc) is 3.38. The van der Waals surface area contributed by atoms with Gasteiger partial charge in [-0.25, -0.2) is 4.98 Å². The molecular weight excluding hydrogens is 254 g/mol. The van der Waals surface area contributed by atoms with Crippen LogP contribution in [0.4, 0.5) is 0 Å². The van der Waals surface area contributed by atoms with Crippen LogP contribution in [0.3, 0.4) is 0 Å². The van der Waals surface area contributed by atoms with Crippen molar-refractivity contribution in [2.75, 3.05) is 13.1 Å². The molecule has 1 saturated heterocycles. The van der Waals surface area contributed by atoms with E-state index in [0.717, 1.165) is 50.6 Å². The molecule has 2 saturated carbocycles. The van der Waals surface area contributed by atoms with Gasteiger partial charge in [0.2, 0.25) is 5.82 Å². The second-order valence-electron chi connectivity index (χ2n) is 6.33. The van der Waals surface area contributed by atoms with Gasteiger partial charge in [-0.1, -0.05) is 0 Å². The Labute approximate surface area is 118 Å². The molecule has 0 unspecified atom stereocenters. The third-order valence-electron chi connectivity index (χ3n) is 4.60.